The van der Waals surface area contributed by atoms with Crippen LogP contribution in [0.4, 0.5) is 0 Å². The summed E-state index contributed by atoms with van der Waals surface area (Å²) in [5, 5.41) is 11.3. The minimum atomic E-state index is -0.240. The Morgan fingerprint density at radius 3 is 2.55 bits per heavy atom. The van der Waals surface area contributed by atoms with Gasteiger partial charge in [-0.25, -0.2) is 0 Å². The lowest BCUT2D eigenvalue weighted by Gasteiger charge is -2.17. The smallest absolute Gasteiger partial charge is 0.254 e. The van der Waals surface area contributed by atoms with Crippen LogP contribution < -0.4 is 5.32 Å². The summed E-state index contributed by atoms with van der Waals surface area (Å²) in [6.45, 7) is 6.15. The zero-order valence-electron chi connectivity index (χ0n) is 11.4. The summed E-state index contributed by atoms with van der Waals surface area (Å²) < 4.78 is 0. The van der Waals surface area contributed by atoms with Crippen molar-refractivity contribution in [3.05, 3.63) is 48.0 Å². The molecule has 2 amide bonds. The first-order valence-corrected chi connectivity index (χ1v) is 6.27. The molecule has 0 bridgehead atoms. The molecule has 0 fully saturated rings. The molecule has 0 aliphatic carbocycles. The highest BCUT2D eigenvalue weighted by atomic mass is 16.2. The number of carbonyl (C=O) groups excluding carboxylic acids is 2. The first-order chi connectivity index (χ1) is 9.62. The Labute approximate surface area is 118 Å². The van der Waals surface area contributed by atoms with Gasteiger partial charge in [0.25, 0.3) is 5.91 Å². The number of nitrogens with one attached hydrogen (secondary N) is 1. The maximum absolute atomic E-state index is 12.1. The summed E-state index contributed by atoms with van der Waals surface area (Å²) in [6, 6.07) is 8.90. The number of rotatable bonds is 6. The molecule has 0 saturated carbocycles. The molecule has 0 saturated heterocycles. The van der Waals surface area contributed by atoms with Gasteiger partial charge in [-0.05, 0) is 30.7 Å². The molecule has 1 aromatic rings. The molecule has 0 unspecified atom stereocenters. The predicted octanol–water partition coefficient (Wildman–Crippen LogP) is 1.47. The summed E-state index contributed by atoms with van der Waals surface area (Å²) in [4.78, 5) is 24.6. The van der Waals surface area contributed by atoms with Gasteiger partial charge in [-0.3, -0.25) is 9.59 Å². The number of benzene rings is 1. The van der Waals surface area contributed by atoms with Crippen LogP contribution in [0.3, 0.4) is 0 Å². The zero-order chi connectivity index (χ0) is 15.0. The van der Waals surface area contributed by atoms with Crippen LogP contribution in [0.25, 0.3) is 0 Å². The van der Waals surface area contributed by atoms with E-state index in [9.17, 15) is 9.59 Å². The molecule has 0 spiro atoms. The predicted molar refractivity (Wildman–Crippen MR) is 75.7 cm³/mol. The highest BCUT2D eigenvalue weighted by Crippen LogP contribution is 2.08. The summed E-state index contributed by atoms with van der Waals surface area (Å²) in [5.41, 5.74) is 1.42. The van der Waals surface area contributed by atoms with Gasteiger partial charge in [-0.15, -0.1) is 0 Å². The van der Waals surface area contributed by atoms with Crippen LogP contribution in [-0.4, -0.2) is 29.8 Å². The largest absolute Gasteiger partial charge is 0.348 e. The molecule has 1 rings (SSSR count). The highest BCUT2D eigenvalue weighted by Gasteiger charge is 2.13. The Balaban J connectivity index is 2.70. The molecule has 5 nitrogen and oxygen atoms in total. The van der Waals surface area contributed by atoms with Crippen LogP contribution in [0.2, 0.25) is 0 Å². The van der Waals surface area contributed by atoms with E-state index in [1.54, 1.807) is 24.3 Å². The van der Waals surface area contributed by atoms with Crippen molar-refractivity contribution in [2.75, 3.05) is 13.1 Å². The highest BCUT2D eigenvalue weighted by molar-refractivity contribution is 5.94. The molecule has 104 valence electrons. The van der Waals surface area contributed by atoms with E-state index in [1.807, 2.05) is 13.0 Å². The van der Waals surface area contributed by atoms with Crippen molar-refractivity contribution in [3.8, 4) is 6.07 Å². The number of hydrogen-bond donors (Lipinski definition) is 1. The van der Waals surface area contributed by atoms with Crippen LogP contribution in [0, 0.1) is 11.3 Å². The minimum Gasteiger partial charge on any atom is -0.348 e. The van der Waals surface area contributed by atoms with E-state index < -0.39 is 0 Å². The number of nitriles is 1. The maximum atomic E-state index is 12.1. The molecule has 0 atom stereocenters. The van der Waals surface area contributed by atoms with Crippen molar-refractivity contribution in [1.82, 2.24) is 10.2 Å². The van der Waals surface area contributed by atoms with Gasteiger partial charge < -0.3 is 10.2 Å². The zero-order valence-corrected chi connectivity index (χ0v) is 11.4. The minimum absolute atomic E-state index is 0.0759. The first-order valence-electron chi connectivity index (χ1n) is 6.27. The molecular weight excluding hydrogens is 254 g/mol. The topological polar surface area (TPSA) is 73.2 Å². The van der Waals surface area contributed by atoms with Gasteiger partial charge in [0.05, 0.1) is 6.07 Å². The van der Waals surface area contributed by atoms with Crippen LogP contribution >= 0.6 is 0 Å². The molecule has 1 aromatic carbocycles. The second-order valence-corrected chi connectivity index (χ2v) is 4.10. The third-order valence-corrected chi connectivity index (χ3v) is 2.78. The molecule has 0 aromatic heterocycles. The molecule has 0 aliphatic heterocycles. The number of hydrogen-bond acceptors (Lipinski definition) is 3. The van der Waals surface area contributed by atoms with E-state index >= 15 is 0 Å². The van der Waals surface area contributed by atoms with E-state index in [2.05, 4.69) is 11.9 Å². The Morgan fingerprint density at radius 2 is 2.05 bits per heavy atom. The van der Waals surface area contributed by atoms with Crippen LogP contribution in [0.5, 0.6) is 0 Å². The summed E-state index contributed by atoms with van der Waals surface area (Å²) in [5.74, 6) is -0.410. The second kappa shape index (κ2) is 7.74. The number of carbonyl (C=O) groups is 2. The van der Waals surface area contributed by atoms with Crippen molar-refractivity contribution >= 4 is 11.8 Å². The Kier molecular flexibility index (Phi) is 5.98. The molecule has 5 heteroatoms. The third kappa shape index (κ3) is 4.25. The molecule has 1 N–H and O–H groups in total. The quantitative estimate of drug-likeness (QED) is 0.629. The van der Waals surface area contributed by atoms with Crippen LogP contribution in [0.1, 0.15) is 22.8 Å². The SMILES string of the molecule is C=CC(=O)NCc1ccc(C(=O)N(CC)CC#N)cc1. The third-order valence-electron chi connectivity index (χ3n) is 2.78. The average molecular weight is 271 g/mol. The van der Waals surface area contributed by atoms with Gasteiger partial charge in [0.2, 0.25) is 5.91 Å². The average Bonchev–Trinajstić information content (AvgIpc) is 2.50. The van der Waals surface area contributed by atoms with Gasteiger partial charge in [0.1, 0.15) is 6.54 Å². The van der Waals surface area contributed by atoms with E-state index in [-0.39, 0.29) is 18.4 Å². The van der Waals surface area contributed by atoms with Crippen molar-refractivity contribution in [1.29, 1.82) is 5.26 Å². The fourth-order valence-corrected chi connectivity index (χ4v) is 1.62. The molecule has 20 heavy (non-hydrogen) atoms. The van der Waals surface area contributed by atoms with Crippen molar-refractivity contribution in [3.63, 3.8) is 0 Å². The Bertz CT molecular complexity index is 529. The number of nitrogens with zero attached hydrogens (tertiary/aromatic N) is 2. The number of amides is 2. The van der Waals surface area contributed by atoms with E-state index in [4.69, 9.17) is 5.26 Å². The molecule has 0 aliphatic rings. The van der Waals surface area contributed by atoms with Gasteiger partial charge in [0, 0.05) is 18.7 Å². The molecular formula is C15H17N3O2. The van der Waals surface area contributed by atoms with E-state index in [1.165, 1.54) is 11.0 Å². The normalized spacial score (nSPS) is 9.40. The van der Waals surface area contributed by atoms with E-state index in [0.717, 1.165) is 5.56 Å². The monoisotopic (exact) mass is 271 g/mol. The van der Waals surface area contributed by atoms with Gasteiger partial charge in [-0.2, -0.15) is 5.26 Å². The summed E-state index contributed by atoms with van der Waals surface area (Å²) in [7, 11) is 0. The lowest BCUT2D eigenvalue weighted by atomic mass is 10.1. The van der Waals surface area contributed by atoms with Gasteiger partial charge in [-0.1, -0.05) is 18.7 Å². The van der Waals surface area contributed by atoms with Crippen molar-refractivity contribution in [2.45, 2.75) is 13.5 Å². The van der Waals surface area contributed by atoms with Crippen LogP contribution in [-0.2, 0) is 11.3 Å². The first kappa shape index (κ1) is 15.4. The van der Waals surface area contributed by atoms with E-state index in [0.29, 0.717) is 18.7 Å². The Hall–Kier alpha value is -2.61. The fraction of sp³-hybridized carbons (Fsp3) is 0.267. The Morgan fingerprint density at radius 1 is 1.40 bits per heavy atom. The maximum Gasteiger partial charge on any atom is 0.254 e. The van der Waals surface area contributed by atoms with Crippen LogP contribution in [0.15, 0.2) is 36.9 Å². The lowest BCUT2D eigenvalue weighted by Crippen LogP contribution is -2.31. The molecule has 0 heterocycles. The van der Waals surface area contributed by atoms with Crippen molar-refractivity contribution < 1.29 is 9.59 Å². The van der Waals surface area contributed by atoms with Gasteiger partial charge >= 0.3 is 0 Å². The van der Waals surface area contributed by atoms with Gasteiger partial charge in [0.15, 0.2) is 0 Å². The standard InChI is InChI=1S/C15H17N3O2/c1-3-14(19)17-11-12-5-7-13(8-6-12)15(20)18(4-2)10-9-16/h3,5-8H,1,4,10-11H2,2H3,(H,17,19). The summed E-state index contributed by atoms with van der Waals surface area (Å²) in [6.07, 6.45) is 1.21. The fourth-order valence-electron chi connectivity index (χ4n) is 1.62. The van der Waals surface area contributed by atoms with Crippen molar-refractivity contribution in [2.24, 2.45) is 0 Å². The molecule has 0 radical (unpaired) electrons. The lowest BCUT2D eigenvalue weighted by molar-refractivity contribution is -0.116. The second-order valence-electron chi connectivity index (χ2n) is 4.10. The summed E-state index contributed by atoms with van der Waals surface area (Å²) >= 11 is 0.